The van der Waals surface area contributed by atoms with E-state index in [-0.39, 0.29) is 6.61 Å². The number of carbonyl (C=O) groups is 1. The van der Waals surface area contributed by atoms with Gasteiger partial charge in [0.1, 0.15) is 6.61 Å². The minimum absolute atomic E-state index is 0.228. The Morgan fingerprint density at radius 2 is 2.36 bits per heavy atom. The van der Waals surface area contributed by atoms with Gasteiger partial charge in [0.25, 0.3) is 0 Å². The Balaban J connectivity index is 2.36. The molecule has 1 fully saturated rings. The highest BCUT2D eigenvalue weighted by atomic mass is 35.5. The van der Waals surface area contributed by atoms with Gasteiger partial charge in [-0.25, -0.2) is 4.79 Å². The fourth-order valence-electron chi connectivity index (χ4n) is 0.815. The number of hydrogen-bond acceptors (Lipinski definition) is 4. The maximum absolute atomic E-state index is 10.2. The molecule has 0 aliphatic carbocycles. The number of halogens is 1. The van der Waals surface area contributed by atoms with Crippen LogP contribution in [0, 0.1) is 0 Å². The molecule has 1 saturated heterocycles. The largest absolute Gasteiger partial charge is 0.421 e. The second-order valence-electron chi connectivity index (χ2n) is 2.61. The molecule has 0 aromatic carbocycles. The van der Waals surface area contributed by atoms with Crippen molar-refractivity contribution in [3.63, 3.8) is 0 Å². The second kappa shape index (κ2) is 2.97. The van der Waals surface area contributed by atoms with E-state index in [0.717, 1.165) is 0 Å². The van der Waals surface area contributed by atoms with Crippen LogP contribution >= 0.6 is 11.6 Å². The van der Waals surface area contributed by atoms with Gasteiger partial charge in [-0.2, -0.15) is 0 Å². The topological polar surface area (TPSA) is 44.8 Å². The Morgan fingerprint density at radius 1 is 1.73 bits per heavy atom. The van der Waals surface area contributed by atoms with Crippen LogP contribution in [-0.4, -0.2) is 24.1 Å². The standard InChI is InChI=1S/C6H9ClO4/c1-6(2)9-3-4(11-6)10-5(7)8/h4H,3H2,1-2H3. The molecule has 64 valence electrons. The molecule has 1 unspecified atom stereocenters. The van der Waals surface area contributed by atoms with Gasteiger partial charge in [0, 0.05) is 11.6 Å². The lowest BCUT2D eigenvalue weighted by Gasteiger charge is -2.15. The molecule has 11 heavy (non-hydrogen) atoms. The van der Waals surface area contributed by atoms with E-state index in [0.29, 0.717) is 0 Å². The van der Waals surface area contributed by atoms with Crippen molar-refractivity contribution in [3.8, 4) is 0 Å². The molecule has 0 radical (unpaired) electrons. The van der Waals surface area contributed by atoms with Crippen molar-refractivity contribution >= 4 is 17.0 Å². The summed E-state index contributed by atoms with van der Waals surface area (Å²) in [7, 11) is 0. The quantitative estimate of drug-likeness (QED) is 0.574. The first-order valence-corrected chi connectivity index (χ1v) is 3.55. The highest BCUT2D eigenvalue weighted by molar-refractivity contribution is 6.61. The summed E-state index contributed by atoms with van der Waals surface area (Å²) in [6.07, 6.45) is -0.671. The van der Waals surface area contributed by atoms with E-state index in [9.17, 15) is 4.79 Å². The molecule has 1 aliphatic rings. The summed E-state index contributed by atoms with van der Waals surface area (Å²) in [6, 6.07) is 0. The van der Waals surface area contributed by atoms with Gasteiger partial charge in [0.2, 0.25) is 6.29 Å². The minimum Gasteiger partial charge on any atom is -0.421 e. The number of rotatable bonds is 1. The van der Waals surface area contributed by atoms with Crippen molar-refractivity contribution in [1.82, 2.24) is 0 Å². The fourth-order valence-corrected chi connectivity index (χ4v) is 0.914. The molecule has 4 nitrogen and oxygen atoms in total. The van der Waals surface area contributed by atoms with Crippen molar-refractivity contribution < 1.29 is 19.0 Å². The molecule has 0 aromatic heterocycles. The van der Waals surface area contributed by atoms with Gasteiger partial charge in [0.05, 0.1) is 0 Å². The van der Waals surface area contributed by atoms with Gasteiger partial charge in [-0.3, -0.25) is 0 Å². The Labute approximate surface area is 69.4 Å². The first-order chi connectivity index (χ1) is 4.99. The summed E-state index contributed by atoms with van der Waals surface area (Å²) in [5, 5.41) is 0. The SMILES string of the molecule is CC1(C)OCC(OC(=O)Cl)O1. The van der Waals surface area contributed by atoms with Crippen LogP contribution in [0.1, 0.15) is 13.8 Å². The third kappa shape index (κ3) is 2.65. The smallest absolute Gasteiger partial charge is 0.406 e. The van der Waals surface area contributed by atoms with Gasteiger partial charge in [-0.15, -0.1) is 0 Å². The van der Waals surface area contributed by atoms with E-state index in [1.54, 1.807) is 13.8 Å². The monoisotopic (exact) mass is 180 g/mol. The average Bonchev–Trinajstić information content (AvgIpc) is 2.08. The Morgan fingerprint density at radius 3 is 2.73 bits per heavy atom. The van der Waals surface area contributed by atoms with Crippen molar-refractivity contribution in [2.75, 3.05) is 6.61 Å². The van der Waals surface area contributed by atoms with Gasteiger partial charge in [-0.05, 0) is 13.8 Å². The molecule has 1 heterocycles. The predicted molar refractivity (Wildman–Crippen MR) is 37.2 cm³/mol. The van der Waals surface area contributed by atoms with E-state index in [1.807, 2.05) is 0 Å². The fraction of sp³-hybridized carbons (Fsp3) is 0.833. The zero-order valence-electron chi connectivity index (χ0n) is 6.30. The third-order valence-corrected chi connectivity index (χ3v) is 1.30. The third-order valence-electron chi connectivity index (χ3n) is 1.21. The molecule has 0 bridgehead atoms. The van der Waals surface area contributed by atoms with E-state index in [4.69, 9.17) is 21.1 Å². The molecular formula is C6H9ClO4. The lowest BCUT2D eigenvalue weighted by molar-refractivity contribution is -0.172. The highest BCUT2D eigenvalue weighted by Gasteiger charge is 2.34. The van der Waals surface area contributed by atoms with Gasteiger partial charge >= 0.3 is 5.43 Å². The molecule has 0 aromatic rings. The maximum Gasteiger partial charge on any atom is 0.406 e. The Hall–Kier alpha value is -0.320. The summed E-state index contributed by atoms with van der Waals surface area (Å²) < 4.78 is 14.7. The molecule has 0 N–H and O–H groups in total. The minimum atomic E-state index is -0.878. The molecule has 0 spiro atoms. The lowest BCUT2D eigenvalue weighted by atomic mass is 10.4. The van der Waals surface area contributed by atoms with Crippen LogP contribution in [0.15, 0.2) is 0 Å². The van der Waals surface area contributed by atoms with Crippen molar-refractivity contribution in [3.05, 3.63) is 0 Å². The normalized spacial score (nSPS) is 28.5. The van der Waals surface area contributed by atoms with Crippen LogP contribution in [0.4, 0.5) is 4.79 Å². The van der Waals surface area contributed by atoms with Crippen molar-refractivity contribution in [1.29, 1.82) is 0 Å². The summed E-state index contributed by atoms with van der Waals surface area (Å²) in [6.45, 7) is 3.69. The van der Waals surface area contributed by atoms with E-state index < -0.39 is 17.5 Å². The van der Waals surface area contributed by atoms with E-state index >= 15 is 0 Å². The van der Waals surface area contributed by atoms with Crippen LogP contribution in [0.25, 0.3) is 0 Å². The summed E-state index contributed by atoms with van der Waals surface area (Å²) >= 11 is 4.95. The number of ether oxygens (including phenoxy) is 3. The summed E-state index contributed by atoms with van der Waals surface area (Å²) in [5.41, 5.74) is -0.878. The van der Waals surface area contributed by atoms with Crippen LogP contribution < -0.4 is 0 Å². The van der Waals surface area contributed by atoms with Crippen LogP contribution in [-0.2, 0) is 14.2 Å². The van der Waals surface area contributed by atoms with Gasteiger partial charge in [0.15, 0.2) is 5.79 Å². The molecule has 0 saturated carbocycles. The van der Waals surface area contributed by atoms with Crippen LogP contribution in [0.2, 0.25) is 0 Å². The average molecular weight is 181 g/mol. The number of carbonyl (C=O) groups excluding carboxylic acids is 1. The van der Waals surface area contributed by atoms with E-state index in [1.165, 1.54) is 0 Å². The molecule has 1 atom stereocenters. The molecule has 1 aliphatic heterocycles. The molecule has 1 rings (SSSR count). The zero-order valence-corrected chi connectivity index (χ0v) is 7.05. The Kier molecular flexibility index (Phi) is 2.37. The second-order valence-corrected chi connectivity index (χ2v) is 2.92. The summed E-state index contributed by atoms with van der Waals surface area (Å²) in [5.74, 6) is -0.684. The van der Waals surface area contributed by atoms with E-state index in [2.05, 4.69) is 4.74 Å². The van der Waals surface area contributed by atoms with Gasteiger partial charge < -0.3 is 14.2 Å². The predicted octanol–water partition coefficient (Wildman–Crippen LogP) is 1.47. The maximum atomic E-state index is 10.2. The Bertz CT molecular complexity index is 168. The van der Waals surface area contributed by atoms with Crippen molar-refractivity contribution in [2.45, 2.75) is 25.9 Å². The van der Waals surface area contributed by atoms with Gasteiger partial charge in [-0.1, -0.05) is 0 Å². The number of hydrogen-bond donors (Lipinski definition) is 0. The summed E-state index contributed by atoms with van der Waals surface area (Å²) in [4.78, 5) is 10.2. The first kappa shape index (κ1) is 8.77. The van der Waals surface area contributed by atoms with Crippen LogP contribution in [0.3, 0.4) is 0 Å². The highest BCUT2D eigenvalue weighted by Crippen LogP contribution is 2.23. The first-order valence-electron chi connectivity index (χ1n) is 3.17. The lowest BCUT2D eigenvalue weighted by Crippen LogP contribution is -2.23. The van der Waals surface area contributed by atoms with Crippen molar-refractivity contribution in [2.24, 2.45) is 0 Å². The molecule has 0 amide bonds. The zero-order chi connectivity index (χ0) is 8.48. The molecular weight excluding hydrogens is 172 g/mol. The van der Waals surface area contributed by atoms with Crippen LogP contribution in [0.5, 0.6) is 0 Å². The molecule has 5 heteroatoms.